The molecule has 6 nitrogen and oxygen atoms in total. The van der Waals surface area contributed by atoms with Crippen LogP contribution in [0.15, 0.2) is 39.2 Å². The Morgan fingerprint density at radius 3 is 2.65 bits per heavy atom. The molecule has 0 amide bonds. The van der Waals surface area contributed by atoms with Gasteiger partial charge in [0.2, 0.25) is 0 Å². The molecule has 26 heavy (non-hydrogen) atoms. The fourth-order valence-electron chi connectivity index (χ4n) is 2.92. The van der Waals surface area contributed by atoms with Crippen LogP contribution in [0.1, 0.15) is 16.8 Å². The number of H-pyrrole nitrogens is 2. The summed E-state index contributed by atoms with van der Waals surface area (Å²) < 4.78 is 39.6. The Bertz CT molecular complexity index is 1100. The molecule has 1 aromatic carbocycles. The normalized spacial score (nSPS) is 13.9. The van der Waals surface area contributed by atoms with Crippen LogP contribution in [-0.2, 0) is 19.3 Å². The third kappa shape index (κ3) is 2.81. The number of rotatable bonds is 2. The van der Waals surface area contributed by atoms with Crippen molar-refractivity contribution in [2.75, 3.05) is 4.90 Å². The molecule has 0 aliphatic carbocycles. The zero-order chi connectivity index (χ0) is 18.5. The van der Waals surface area contributed by atoms with Crippen LogP contribution < -0.4 is 16.1 Å². The Labute approximate surface area is 148 Å². The molecular weight excluding hydrogens is 369 g/mol. The average molecular weight is 380 g/mol. The van der Waals surface area contributed by atoms with Crippen molar-refractivity contribution in [3.05, 3.63) is 67.3 Å². The summed E-state index contributed by atoms with van der Waals surface area (Å²) >= 11 is 1.18. The van der Waals surface area contributed by atoms with Gasteiger partial charge in [0.25, 0.3) is 5.56 Å². The number of nitrogens with zero attached hydrogens (tertiary/aromatic N) is 2. The van der Waals surface area contributed by atoms with Crippen LogP contribution in [0.4, 0.5) is 18.3 Å². The van der Waals surface area contributed by atoms with Gasteiger partial charge in [-0.3, -0.25) is 9.78 Å². The molecule has 4 rings (SSSR count). The first-order chi connectivity index (χ1) is 12.3. The van der Waals surface area contributed by atoms with Gasteiger partial charge in [-0.25, -0.2) is 9.78 Å². The lowest BCUT2D eigenvalue weighted by atomic mass is 10.1. The highest BCUT2D eigenvalue weighted by Crippen LogP contribution is 2.38. The van der Waals surface area contributed by atoms with E-state index in [9.17, 15) is 22.8 Å². The van der Waals surface area contributed by atoms with E-state index in [4.69, 9.17) is 0 Å². The SMILES string of the molecule is O=c1[nH]c2c(c(=O)[nH]1)CN(c1nc(-c3ccccc3C(F)(F)F)cs1)C2. The van der Waals surface area contributed by atoms with Crippen molar-refractivity contribution >= 4 is 16.5 Å². The molecule has 0 spiro atoms. The fraction of sp³-hybridized carbons (Fsp3) is 0.188. The lowest BCUT2D eigenvalue weighted by molar-refractivity contribution is -0.137. The minimum Gasteiger partial charge on any atom is -0.338 e. The summed E-state index contributed by atoms with van der Waals surface area (Å²) in [4.78, 5) is 34.0. The number of anilines is 1. The van der Waals surface area contributed by atoms with Crippen molar-refractivity contribution < 1.29 is 13.2 Å². The molecule has 2 aromatic heterocycles. The van der Waals surface area contributed by atoms with Gasteiger partial charge in [0, 0.05) is 16.6 Å². The van der Waals surface area contributed by atoms with Crippen molar-refractivity contribution in [2.45, 2.75) is 19.3 Å². The van der Waals surface area contributed by atoms with Crippen LogP contribution in [0.2, 0.25) is 0 Å². The van der Waals surface area contributed by atoms with Crippen molar-refractivity contribution in [1.29, 1.82) is 0 Å². The van der Waals surface area contributed by atoms with Gasteiger partial charge in [-0.15, -0.1) is 11.3 Å². The van der Waals surface area contributed by atoms with E-state index >= 15 is 0 Å². The zero-order valence-electron chi connectivity index (χ0n) is 13.1. The Morgan fingerprint density at radius 1 is 1.12 bits per heavy atom. The molecule has 0 atom stereocenters. The topological polar surface area (TPSA) is 81.8 Å². The first-order valence-corrected chi connectivity index (χ1v) is 8.42. The first-order valence-electron chi connectivity index (χ1n) is 7.54. The van der Waals surface area contributed by atoms with Crippen molar-refractivity contribution in [3.8, 4) is 11.3 Å². The summed E-state index contributed by atoms with van der Waals surface area (Å²) in [6, 6.07) is 5.26. The van der Waals surface area contributed by atoms with Gasteiger partial charge in [0.05, 0.1) is 29.9 Å². The number of aromatic amines is 2. The summed E-state index contributed by atoms with van der Waals surface area (Å²) in [5.74, 6) is 0. The summed E-state index contributed by atoms with van der Waals surface area (Å²) in [5.41, 5.74) is -0.660. The molecule has 2 N–H and O–H groups in total. The number of fused-ring (bicyclic) bond motifs is 1. The second kappa shape index (κ2) is 5.84. The maximum Gasteiger partial charge on any atom is 0.417 e. The van der Waals surface area contributed by atoms with Gasteiger partial charge in [-0.05, 0) is 6.07 Å². The number of aromatic nitrogens is 3. The molecule has 3 aromatic rings. The van der Waals surface area contributed by atoms with Gasteiger partial charge >= 0.3 is 11.9 Å². The Morgan fingerprint density at radius 2 is 1.88 bits per heavy atom. The van der Waals surface area contributed by atoms with E-state index in [0.29, 0.717) is 16.4 Å². The third-order valence-corrected chi connectivity index (χ3v) is 5.00. The van der Waals surface area contributed by atoms with Crippen molar-refractivity contribution in [2.24, 2.45) is 0 Å². The number of hydrogen-bond acceptors (Lipinski definition) is 5. The van der Waals surface area contributed by atoms with Crippen LogP contribution in [0, 0.1) is 0 Å². The molecule has 0 fully saturated rings. The second-order valence-corrected chi connectivity index (χ2v) is 6.62. The quantitative estimate of drug-likeness (QED) is 0.716. The van der Waals surface area contributed by atoms with E-state index in [1.165, 1.54) is 29.5 Å². The maximum absolute atomic E-state index is 13.2. The summed E-state index contributed by atoms with van der Waals surface area (Å²) in [6.07, 6.45) is -4.48. The number of benzene rings is 1. The number of thiazole rings is 1. The molecule has 0 saturated carbocycles. The highest BCUT2D eigenvalue weighted by molar-refractivity contribution is 7.14. The van der Waals surface area contributed by atoms with Crippen molar-refractivity contribution in [3.63, 3.8) is 0 Å². The fourth-order valence-corrected chi connectivity index (χ4v) is 3.75. The van der Waals surface area contributed by atoms with E-state index in [1.54, 1.807) is 10.3 Å². The minimum absolute atomic E-state index is 0.00506. The predicted octanol–water partition coefficient (Wildman–Crippen LogP) is 2.73. The monoisotopic (exact) mass is 380 g/mol. The molecule has 134 valence electrons. The Balaban J connectivity index is 1.68. The summed E-state index contributed by atoms with van der Waals surface area (Å²) in [7, 11) is 0. The molecule has 1 aliphatic rings. The number of nitrogens with one attached hydrogen (secondary N) is 2. The third-order valence-electron chi connectivity index (χ3n) is 4.10. The minimum atomic E-state index is -4.48. The Hall–Kier alpha value is -2.88. The van der Waals surface area contributed by atoms with Gasteiger partial charge in [-0.1, -0.05) is 18.2 Å². The molecular formula is C16H11F3N4O2S. The summed E-state index contributed by atoms with van der Waals surface area (Å²) in [5, 5.41) is 2.03. The summed E-state index contributed by atoms with van der Waals surface area (Å²) in [6.45, 7) is 0.498. The highest BCUT2D eigenvalue weighted by Gasteiger charge is 2.34. The molecule has 3 heterocycles. The molecule has 1 aliphatic heterocycles. The van der Waals surface area contributed by atoms with Crippen LogP contribution in [0.5, 0.6) is 0 Å². The van der Waals surface area contributed by atoms with Crippen molar-refractivity contribution in [1.82, 2.24) is 15.0 Å². The van der Waals surface area contributed by atoms with Crippen LogP contribution >= 0.6 is 11.3 Å². The van der Waals surface area contributed by atoms with Gasteiger partial charge in [0.1, 0.15) is 0 Å². The Kier molecular flexibility index (Phi) is 3.72. The van der Waals surface area contributed by atoms with E-state index in [1.807, 2.05) is 0 Å². The highest BCUT2D eigenvalue weighted by atomic mass is 32.1. The zero-order valence-corrected chi connectivity index (χ0v) is 13.9. The van der Waals surface area contributed by atoms with Gasteiger partial charge in [-0.2, -0.15) is 13.2 Å². The number of halogens is 3. The average Bonchev–Trinajstić information content (AvgIpc) is 3.20. The molecule has 0 saturated heterocycles. The lowest BCUT2D eigenvalue weighted by Crippen LogP contribution is -2.25. The number of alkyl halides is 3. The molecule has 0 bridgehead atoms. The predicted molar refractivity (Wildman–Crippen MR) is 90.1 cm³/mol. The maximum atomic E-state index is 13.2. The van der Waals surface area contributed by atoms with Gasteiger partial charge < -0.3 is 9.88 Å². The van der Waals surface area contributed by atoms with E-state index < -0.39 is 23.0 Å². The van der Waals surface area contributed by atoms with Crippen LogP contribution in [-0.4, -0.2) is 15.0 Å². The van der Waals surface area contributed by atoms with E-state index in [0.717, 1.165) is 6.07 Å². The smallest absolute Gasteiger partial charge is 0.338 e. The second-order valence-electron chi connectivity index (χ2n) is 5.78. The van der Waals surface area contributed by atoms with E-state index in [2.05, 4.69) is 15.0 Å². The molecule has 0 radical (unpaired) electrons. The first kappa shape index (κ1) is 16.6. The lowest BCUT2D eigenvalue weighted by Gasteiger charge is -2.13. The van der Waals surface area contributed by atoms with E-state index in [-0.39, 0.29) is 24.3 Å². The van der Waals surface area contributed by atoms with Crippen LogP contribution in [0.25, 0.3) is 11.3 Å². The van der Waals surface area contributed by atoms with Gasteiger partial charge in [0.15, 0.2) is 5.13 Å². The van der Waals surface area contributed by atoms with Crippen LogP contribution in [0.3, 0.4) is 0 Å². The largest absolute Gasteiger partial charge is 0.417 e. The molecule has 10 heteroatoms. The number of hydrogen-bond donors (Lipinski definition) is 2. The molecule has 0 unspecified atom stereocenters. The standard InChI is InChI=1S/C16H11F3N4O2S/c17-16(18,19)10-4-2-1-3-8(10)12-7-26-15(21-12)23-5-9-11(6-23)20-14(25)22-13(9)24/h1-4,7H,5-6H2,(H2,20,22,24,25).